The van der Waals surface area contributed by atoms with E-state index in [9.17, 15) is 22.4 Å². The minimum Gasteiger partial charge on any atom is -0.481 e. The molecular weight excluding hydrogens is 586 g/mol. The van der Waals surface area contributed by atoms with Crippen LogP contribution in [-0.4, -0.2) is 80.6 Å². The largest absolute Gasteiger partial charge is 0.481 e. The molecule has 2 aliphatic rings. The van der Waals surface area contributed by atoms with E-state index in [0.29, 0.717) is 73.1 Å². The van der Waals surface area contributed by atoms with Gasteiger partial charge in [-0.1, -0.05) is 11.3 Å². The number of hydrogen-bond acceptors (Lipinski definition) is 9. The van der Waals surface area contributed by atoms with Gasteiger partial charge in [-0.15, -0.1) is 0 Å². The number of hydrogen-bond donors (Lipinski definition) is 2. The van der Waals surface area contributed by atoms with Crippen LogP contribution in [0, 0.1) is 12.7 Å². The van der Waals surface area contributed by atoms with Gasteiger partial charge in [-0.3, -0.25) is 14.6 Å². The lowest BCUT2D eigenvalue weighted by molar-refractivity contribution is -0.138. The summed E-state index contributed by atoms with van der Waals surface area (Å²) in [5.74, 6) is -0.0639. The molecule has 2 saturated heterocycles. The number of alkyl halides is 3. The van der Waals surface area contributed by atoms with E-state index in [1.54, 1.807) is 13.0 Å². The van der Waals surface area contributed by atoms with Gasteiger partial charge in [0.25, 0.3) is 0 Å². The van der Waals surface area contributed by atoms with Crippen LogP contribution in [0.1, 0.15) is 49.4 Å². The van der Waals surface area contributed by atoms with E-state index in [1.807, 2.05) is 0 Å². The van der Waals surface area contributed by atoms with Crippen molar-refractivity contribution < 1.29 is 27.5 Å². The summed E-state index contributed by atoms with van der Waals surface area (Å²) in [6.07, 6.45) is -2.53. The van der Waals surface area contributed by atoms with Crippen LogP contribution in [0.2, 0.25) is 0 Å². The molecule has 9 nitrogen and oxygen atoms in total. The lowest BCUT2D eigenvalue weighted by atomic mass is 10.1. The number of halogens is 4. The minimum atomic E-state index is -4.69. The topological polar surface area (TPSA) is 97.7 Å². The first-order chi connectivity index (χ1) is 20.4. The van der Waals surface area contributed by atoms with Gasteiger partial charge < -0.3 is 15.3 Å². The molecule has 4 heterocycles. The fourth-order valence-electron chi connectivity index (χ4n) is 5.70. The smallest absolute Gasteiger partial charge is 0.416 e. The van der Waals surface area contributed by atoms with Crippen LogP contribution in [0.3, 0.4) is 0 Å². The second-order valence-electron chi connectivity index (χ2n) is 11.2. The average Bonchev–Trinajstić information content (AvgIpc) is 3.52. The Morgan fingerprint density at radius 2 is 1.86 bits per heavy atom. The van der Waals surface area contributed by atoms with Crippen LogP contribution in [0.15, 0.2) is 24.3 Å². The number of thiazole rings is 1. The molecule has 0 aliphatic carbocycles. The molecule has 0 spiro atoms. The number of aliphatic carboxylic acids is 1. The molecule has 0 radical (unpaired) electrons. The summed E-state index contributed by atoms with van der Waals surface area (Å²) in [6.45, 7) is 9.83. The third-order valence-corrected chi connectivity index (χ3v) is 8.95. The first-order valence-electron chi connectivity index (χ1n) is 14.3. The van der Waals surface area contributed by atoms with E-state index in [-0.39, 0.29) is 18.0 Å². The molecule has 2 fully saturated rings. The summed E-state index contributed by atoms with van der Waals surface area (Å²) in [5, 5.41) is 12.7. The molecule has 0 amide bonds. The lowest BCUT2D eigenvalue weighted by Crippen LogP contribution is -2.52. The van der Waals surface area contributed by atoms with E-state index in [1.165, 1.54) is 11.3 Å². The second-order valence-corrected chi connectivity index (χ2v) is 12.3. The Labute approximate surface area is 251 Å². The number of carbonyl (C=O) groups is 1. The zero-order valence-corrected chi connectivity index (χ0v) is 25.1. The number of likely N-dealkylation sites (tertiary alicyclic amines) is 1. The molecule has 2 aliphatic heterocycles. The number of benzene rings is 1. The monoisotopic (exact) mass is 621 g/mol. The molecular formula is C29H35F4N7O2S. The molecule has 0 saturated carbocycles. The normalized spacial score (nSPS) is 20.1. The van der Waals surface area contributed by atoms with Gasteiger partial charge in [-0.25, -0.2) is 19.3 Å². The van der Waals surface area contributed by atoms with Gasteiger partial charge in [0.15, 0.2) is 5.13 Å². The summed E-state index contributed by atoms with van der Waals surface area (Å²) < 4.78 is 55.0. The zero-order valence-electron chi connectivity index (χ0n) is 24.3. The minimum absolute atomic E-state index is 0.0767. The van der Waals surface area contributed by atoms with E-state index in [4.69, 9.17) is 5.11 Å². The summed E-state index contributed by atoms with van der Waals surface area (Å²) in [4.78, 5) is 32.1. The van der Waals surface area contributed by atoms with Gasteiger partial charge in [0, 0.05) is 61.3 Å². The molecule has 2 N–H and O–H groups in total. The maximum atomic E-state index is 14.4. The fraction of sp³-hybridized carbons (Fsp3) is 0.517. The average molecular weight is 622 g/mol. The Balaban J connectivity index is 1.41. The molecule has 2 atom stereocenters. The highest BCUT2D eigenvalue weighted by Gasteiger charge is 2.32. The second kappa shape index (κ2) is 12.7. The lowest BCUT2D eigenvalue weighted by Gasteiger charge is -2.40. The van der Waals surface area contributed by atoms with E-state index in [2.05, 4.69) is 48.8 Å². The van der Waals surface area contributed by atoms with Crippen LogP contribution < -0.4 is 10.2 Å². The number of carboxylic acid groups (broad SMARTS) is 1. The van der Waals surface area contributed by atoms with Crippen LogP contribution in [0.4, 0.5) is 34.3 Å². The molecule has 2 aromatic heterocycles. The predicted octanol–water partition coefficient (Wildman–Crippen LogP) is 5.78. The molecule has 0 bridgehead atoms. The summed E-state index contributed by atoms with van der Waals surface area (Å²) in [6, 6.07) is 4.79. The number of nitrogens with one attached hydrogen (secondary N) is 1. The van der Waals surface area contributed by atoms with Crippen molar-refractivity contribution in [2.45, 2.75) is 64.8 Å². The third kappa shape index (κ3) is 7.60. The zero-order chi connectivity index (χ0) is 30.9. The molecule has 5 rings (SSSR count). The van der Waals surface area contributed by atoms with Crippen LogP contribution in [0.25, 0.3) is 11.3 Å². The van der Waals surface area contributed by atoms with Crippen molar-refractivity contribution in [3.8, 4) is 11.3 Å². The number of rotatable bonds is 9. The fourth-order valence-corrected chi connectivity index (χ4v) is 6.72. The van der Waals surface area contributed by atoms with Crippen molar-refractivity contribution in [3.05, 3.63) is 46.3 Å². The standard InChI is InChI=1S/C29H35F4N7O2S/c1-17-5-4-7-39(17)16-23-27(20-11-21(29(31,32)33)13-22(30)12-20)37-28(43-23)36-24-14-25(35-19(3)34-24)40-10-9-38(18(2)15-40)8-6-26(41)42/h11-14,17-18H,4-10,15-16H2,1-3H3,(H,41,42)(H,34,35,36,37). The van der Waals surface area contributed by atoms with Gasteiger partial charge in [-0.05, 0) is 58.4 Å². The van der Waals surface area contributed by atoms with Crippen LogP contribution >= 0.6 is 11.3 Å². The Morgan fingerprint density at radius 3 is 2.53 bits per heavy atom. The maximum Gasteiger partial charge on any atom is 0.416 e. The molecule has 2 unspecified atom stereocenters. The van der Waals surface area contributed by atoms with Crippen LogP contribution in [-0.2, 0) is 17.5 Å². The van der Waals surface area contributed by atoms with Gasteiger partial charge in [0.2, 0.25) is 0 Å². The van der Waals surface area contributed by atoms with E-state index < -0.39 is 23.5 Å². The van der Waals surface area contributed by atoms with Crippen molar-refractivity contribution >= 4 is 34.1 Å². The van der Waals surface area contributed by atoms with Crippen molar-refractivity contribution in [1.29, 1.82) is 0 Å². The van der Waals surface area contributed by atoms with Crippen molar-refractivity contribution in [2.24, 2.45) is 0 Å². The van der Waals surface area contributed by atoms with Crippen LogP contribution in [0.5, 0.6) is 0 Å². The van der Waals surface area contributed by atoms with Gasteiger partial charge in [-0.2, -0.15) is 13.2 Å². The summed E-state index contributed by atoms with van der Waals surface area (Å²) in [7, 11) is 0. The molecule has 3 aromatic rings. The first kappa shape index (κ1) is 31.1. The number of nitrogens with zero attached hydrogens (tertiary/aromatic N) is 6. The summed E-state index contributed by atoms with van der Waals surface area (Å²) >= 11 is 1.32. The Morgan fingerprint density at radius 1 is 1.07 bits per heavy atom. The third-order valence-electron chi connectivity index (χ3n) is 7.99. The predicted molar refractivity (Wildman–Crippen MR) is 157 cm³/mol. The number of anilines is 3. The number of piperazine rings is 1. The highest BCUT2D eigenvalue weighted by molar-refractivity contribution is 7.16. The number of carboxylic acids is 1. The summed E-state index contributed by atoms with van der Waals surface area (Å²) in [5.41, 5.74) is -0.666. The molecule has 1 aromatic carbocycles. The van der Waals surface area contributed by atoms with Crippen molar-refractivity contribution in [2.75, 3.05) is 42.9 Å². The highest BCUT2D eigenvalue weighted by atomic mass is 32.1. The Hall–Kier alpha value is -3.36. The number of aromatic nitrogens is 3. The van der Waals surface area contributed by atoms with Gasteiger partial charge >= 0.3 is 12.1 Å². The SMILES string of the molecule is Cc1nc(Nc2nc(-c3cc(F)cc(C(F)(F)F)c3)c(CN3CCCC3C)s2)cc(N2CCN(CCC(=O)O)C(C)C2)n1. The first-order valence-corrected chi connectivity index (χ1v) is 15.1. The van der Waals surface area contributed by atoms with Gasteiger partial charge in [0.1, 0.15) is 23.3 Å². The molecule has 232 valence electrons. The Bertz CT molecular complexity index is 1470. The molecule has 14 heteroatoms. The molecule has 43 heavy (non-hydrogen) atoms. The van der Waals surface area contributed by atoms with E-state index in [0.717, 1.165) is 36.4 Å². The van der Waals surface area contributed by atoms with Crippen molar-refractivity contribution in [3.63, 3.8) is 0 Å². The maximum absolute atomic E-state index is 14.4. The highest BCUT2D eigenvalue weighted by Crippen LogP contribution is 2.38. The van der Waals surface area contributed by atoms with Gasteiger partial charge in [0.05, 0.1) is 17.7 Å². The Kier molecular flexibility index (Phi) is 9.18. The van der Waals surface area contributed by atoms with E-state index >= 15 is 0 Å². The van der Waals surface area contributed by atoms with Crippen molar-refractivity contribution in [1.82, 2.24) is 24.8 Å². The number of aryl methyl sites for hydroxylation is 1. The quantitative estimate of drug-likeness (QED) is 0.288.